The second-order valence-corrected chi connectivity index (χ2v) is 13.9. The summed E-state index contributed by atoms with van der Waals surface area (Å²) >= 11 is 0. The summed E-state index contributed by atoms with van der Waals surface area (Å²) in [7, 11) is 0. The molecule has 0 radical (unpaired) electrons. The number of hydrogen-bond acceptors (Lipinski definition) is 6. The molecule has 0 aliphatic heterocycles. The summed E-state index contributed by atoms with van der Waals surface area (Å²) in [6, 6.07) is 55.8. The lowest BCUT2D eigenvalue weighted by molar-refractivity contribution is 0.668. The predicted octanol–water partition coefficient (Wildman–Crippen LogP) is 13.4. The first-order chi connectivity index (χ1) is 27.2. The van der Waals surface area contributed by atoms with Crippen LogP contribution in [0.4, 0.5) is 0 Å². The summed E-state index contributed by atoms with van der Waals surface area (Å²) in [6.45, 7) is 0. The summed E-state index contributed by atoms with van der Waals surface area (Å²) in [5.74, 6) is 1.67. The number of aromatic nitrogens is 3. The molecular formula is C49H27N3O3. The van der Waals surface area contributed by atoms with Crippen molar-refractivity contribution in [2.75, 3.05) is 0 Å². The fourth-order valence-corrected chi connectivity index (χ4v) is 8.14. The lowest BCUT2D eigenvalue weighted by atomic mass is 10.0. The Bertz CT molecular complexity index is 3500. The average Bonchev–Trinajstić information content (AvgIpc) is 3.93. The van der Waals surface area contributed by atoms with Crippen LogP contribution >= 0.6 is 0 Å². The first kappa shape index (κ1) is 29.9. The van der Waals surface area contributed by atoms with Gasteiger partial charge in [-0.25, -0.2) is 15.0 Å². The monoisotopic (exact) mass is 705 g/mol. The number of furan rings is 3. The van der Waals surface area contributed by atoms with E-state index in [-0.39, 0.29) is 0 Å². The van der Waals surface area contributed by atoms with Gasteiger partial charge in [-0.1, -0.05) is 109 Å². The van der Waals surface area contributed by atoms with Gasteiger partial charge in [0.05, 0.1) is 0 Å². The van der Waals surface area contributed by atoms with Crippen molar-refractivity contribution in [3.05, 3.63) is 164 Å². The maximum Gasteiger partial charge on any atom is 0.164 e. The van der Waals surface area contributed by atoms with Gasteiger partial charge < -0.3 is 13.3 Å². The predicted molar refractivity (Wildman–Crippen MR) is 221 cm³/mol. The molecule has 6 nitrogen and oxygen atoms in total. The van der Waals surface area contributed by atoms with Gasteiger partial charge in [-0.2, -0.15) is 0 Å². The van der Waals surface area contributed by atoms with E-state index in [9.17, 15) is 0 Å². The first-order valence-electron chi connectivity index (χ1n) is 18.3. The maximum absolute atomic E-state index is 6.51. The Hall–Kier alpha value is -7.57. The Kier molecular flexibility index (Phi) is 6.24. The van der Waals surface area contributed by atoms with Gasteiger partial charge in [0.2, 0.25) is 0 Å². The van der Waals surface area contributed by atoms with Crippen LogP contribution < -0.4 is 0 Å². The highest BCUT2D eigenvalue weighted by Gasteiger charge is 2.21. The Morgan fingerprint density at radius 2 is 0.855 bits per heavy atom. The van der Waals surface area contributed by atoms with Crippen molar-refractivity contribution >= 4 is 76.6 Å². The van der Waals surface area contributed by atoms with E-state index in [1.807, 2.05) is 78.9 Å². The zero-order valence-corrected chi connectivity index (χ0v) is 29.2. The number of benzene rings is 8. The van der Waals surface area contributed by atoms with E-state index in [1.54, 1.807) is 0 Å². The molecule has 8 aromatic carbocycles. The molecule has 6 heteroatoms. The molecule has 0 N–H and O–H groups in total. The Labute approximate surface area is 312 Å². The molecule has 0 unspecified atom stereocenters. The lowest BCUT2D eigenvalue weighted by Gasteiger charge is -2.10. The van der Waals surface area contributed by atoms with Crippen LogP contribution in [0, 0.1) is 0 Å². The highest BCUT2D eigenvalue weighted by Crippen LogP contribution is 2.41. The number of fused-ring (bicyclic) bond motifs is 10. The molecule has 0 amide bonds. The van der Waals surface area contributed by atoms with Crippen molar-refractivity contribution < 1.29 is 13.3 Å². The van der Waals surface area contributed by atoms with Gasteiger partial charge in [-0.3, -0.25) is 0 Å². The van der Waals surface area contributed by atoms with E-state index in [4.69, 9.17) is 28.2 Å². The third kappa shape index (κ3) is 4.65. The molecule has 55 heavy (non-hydrogen) atoms. The second kappa shape index (κ2) is 11.5. The standard InChI is InChI=1S/C49H27N3O3/c1-2-10-28(11-3-1)30-22-23-35-43(26-30)55-42-19-9-15-37(46(35)42)49-51-47(50-48(52-49)36-14-8-18-41-45(36)34-13-5-7-17-40(34)53-41)31-21-20-29-25-38-33-12-4-6-16-39(33)54-44(38)27-32(29)24-31/h1-27H. The number of para-hydroxylation sites is 2. The van der Waals surface area contributed by atoms with Crippen LogP contribution in [0.5, 0.6) is 0 Å². The summed E-state index contributed by atoms with van der Waals surface area (Å²) in [5.41, 5.74) is 9.71. The molecular weight excluding hydrogens is 679 g/mol. The summed E-state index contributed by atoms with van der Waals surface area (Å²) in [5, 5.41) is 8.27. The fourth-order valence-electron chi connectivity index (χ4n) is 8.14. The molecule has 0 bridgehead atoms. The Morgan fingerprint density at radius 3 is 1.62 bits per heavy atom. The normalized spacial score (nSPS) is 12.0. The second-order valence-electron chi connectivity index (χ2n) is 13.9. The van der Waals surface area contributed by atoms with Crippen molar-refractivity contribution in [2.24, 2.45) is 0 Å². The van der Waals surface area contributed by atoms with E-state index in [1.165, 1.54) is 0 Å². The average molecular weight is 706 g/mol. The van der Waals surface area contributed by atoms with Gasteiger partial charge in [0.1, 0.15) is 33.5 Å². The molecule has 0 fully saturated rings. The fraction of sp³-hybridized carbons (Fsp3) is 0. The minimum Gasteiger partial charge on any atom is -0.456 e. The first-order valence-corrected chi connectivity index (χ1v) is 18.3. The van der Waals surface area contributed by atoms with Crippen molar-refractivity contribution in [2.45, 2.75) is 0 Å². The van der Waals surface area contributed by atoms with Crippen LogP contribution in [0.2, 0.25) is 0 Å². The molecule has 4 heterocycles. The van der Waals surface area contributed by atoms with E-state index in [0.717, 1.165) is 104 Å². The summed E-state index contributed by atoms with van der Waals surface area (Å²) < 4.78 is 19.1. The van der Waals surface area contributed by atoms with Gasteiger partial charge in [0.25, 0.3) is 0 Å². The molecule has 0 saturated heterocycles. The molecule has 0 aliphatic rings. The van der Waals surface area contributed by atoms with E-state index < -0.39 is 0 Å². The highest BCUT2D eigenvalue weighted by atomic mass is 16.3. The van der Waals surface area contributed by atoms with Crippen molar-refractivity contribution in [3.63, 3.8) is 0 Å². The molecule has 0 spiro atoms. The molecule has 0 aliphatic carbocycles. The number of nitrogens with zero attached hydrogens (tertiary/aromatic N) is 3. The van der Waals surface area contributed by atoms with Crippen molar-refractivity contribution in [1.82, 2.24) is 15.0 Å². The van der Waals surface area contributed by atoms with Crippen LogP contribution in [-0.4, -0.2) is 15.0 Å². The van der Waals surface area contributed by atoms with Gasteiger partial charge in [0, 0.05) is 49.0 Å². The van der Waals surface area contributed by atoms with Crippen LogP contribution in [-0.2, 0) is 0 Å². The molecule has 256 valence electrons. The third-order valence-electron chi connectivity index (χ3n) is 10.7. The number of rotatable bonds is 4. The quantitative estimate of drug-likeness (QED) is 0.181. The highest BCUT2D eigenvalue weighted by molar-refractivity contribution is 6.14. The van der Waals surface area contributed by atoms with Crippen LogP contribution in [0.25, 0.3) is 122 Å². The van der Waals surface area contributed by atoms with Crippen molar-refractivity contribution in [1.29, 1.82) is 0 Å². The van der Waals surface area contributed by atoms with Crippen LogP contribution in [0.15, 0.2) is 177 Å². The van der Waals surface area contributed by atoms with Gasteiger partial charge in [-0.05, 0) is 76.5 Å². The minimum absolute atomic E-state index is 0.554. The number of hydrogen-bond donors (Lipinski definition) is 0. The SMILES string of the molecule is c1ccc(-c2ccc3c(c2)oc2cccc(-c4nc(-c5ccc6cc7c(cc6c5)oc5ccccc57)nc(-c5cccc6oc7ccccc7c56)n4)c23)cc1. The lowest BCUT2D eigenvalue weighted by Crippen LogP contribution is -2.00. The molecule has 12 aromatic rings. The molecule has 4 aromatic heterocycles. The van der Waals surface area contributed by atoms with E-state index >= 15 is 0 Å². The van der Waals surface area contributed by atoms with Gasteiger partial charge in [0.15, 0.2) is 17.5 Å². The Morgan fingerprint density at radius 1 is 0.291 bits per heavy atom. The summed E-state index contributed by atoms with van der Waals surface area (Å²) in [6.07, 6.45) is 0. The Balaban J connectivity index is 1.10. The molecule has 0 saturated carbocycles. The third-order valence-corrected chi connectivity index (χ3v) is 10.7. The van der Waals surface area contributed by atoms with Crippen molar-refractivity contribution in [3.8, 4) is 45.3 Å². The molecule has 12 rings (SSSR count). The van der Waals surface area contributed by atoms with E-state index in [0.29, 0.717) is 17.5 Å². The molecule has 0 atom stereocenters. The van der Waals surface area contributed by atoms with Crippen LogP contribution in [0.1, 0.15) is 0 Å². The smallest absolute Gasteiger partial charge is 0.164 e. The largest absolute Gasteiger partial charge is 0.456 e. The van der Waals surface area contributed by atoms with Gasteiger partial charge in [-0.15, -0.1) is 0 Å². The summed E-state index contributed by atoms with van der Waals surface area (Å²) in [4.78, 5) is 15.7. The maximum atomic E-state index is 6.51. The zero-order chi connectivity index (χ0) is 36.0. The van der Waals surface area contributed by atoms with Gasteiger partial charge >= 0.3 is 0 Å². The van der Waals surface area contributed by atoms with E-state index in [2.05, 4.69) is 84.9 Å². The van der Waals surface area contributed by atoms with Crippen LogP contribution in [0.3, 0.4) is 0 Å². The topological polar surface area (TPSA) is 78.1 Å². The zero-order valence-electron chi connectivity index (χ0n) is 29.2. The minimum atomic E-state index is 0.554.